The van der Waals surface area contributed by atoms with Crippen LogP contribution in [0.25, 0.3) is 5.65 Å². The molecule has 0 saturated heterocycles. The summed E-state index contributed by atoms with van der Waals surface area (Å²) in [7, 11) is 0. The van der Waals surface area contributed by atoms with Crippen molar-refractivity contribution < 1.29 is 14.3 Å². The highest BCUT2D eigenvalue weighted by molar-refractivity contribution is 5.96. The van der Waals surface area contributed by atoms with E-state index in [1.165, 1.54) is 9.20 Å². The largest absolute Gasteiger partial charge is 0.494 e. The van der Waals surface area contributed by atoms with E-state index < -0.39 is 0 Å². The fourth-order valence-corrected chi connectivity index (χ4v) is 3.38. The fraction of sp³-hybridized carbons (Fsp3) is 0.500. The van der Waals surface area contributed by atoms with E-state index >= 15 is 0 Å². The maximum atomic E-state index is 13.1. The first-order chi connectivity index (χ1) is 15.2. The average molecular weight is 440 g/mol. The van der Waals surface area contributed by atoms with Crippen molar-refractivity contribution in [2.45, 2.75) is 72.4 Å². The lowest BCUT2D eigenvalue weighted by Crippen LogP contribution is -2.27. The predicted molar refractivity (Wildman–Crippen MR) is 122 cm³/mol. The predicted octanol–water partition coefficient (Wildman–Crippen LogP) is 4.16. The van der Waals surface area contributed by atoms with Gasteiger partial charge in [-0.25, -0.2) is 4.68 Å². The second-order valence-electron chi connectivity index (χ2n) is 8.83. The van der Waals surface area contributed by atoms with Gasteiger partial charge in [-0.15, -0.1) is 10.2 Å². The molecule has 3 aromatic rings. The molecule has 0 saturated carbocycles. The van der Waals surface area contributed by atoms with Crippen LogP contribution in [0.5, 0.6) is 11.6 Å². The standard InChI is InChI=1S/C24H33N5O3/c1-7-18(8-2)32-22-11-10-21-26-28(23(25)29(21)27-22)15-20(30)16-12-17(24(4,5)6)14-19(13-16)31-9-3/h10-14,18,25H,7-9,15H2,1-6H3. The van der Waals surface area contributed by atoms with E-state index in [0.717, 1.165) is 18.4 Å². The third-order valence-electron chi connectivity index (χ3n) is 5.36. The maximum Gasteiger partial charge on any atom is 0.242 e. The summed E-state index contributed by atoms with van der Waals surface area (Å²) in [5, 5.41) is 17.2. The van der Waals surface area contributed by atoms with Gasteiger partial charge in [0.15, 0.2) is 11.4 Å². The summed E-state index contributed by atoms with van der Waals surface area (Å²) in [5.41, 5.74) is 1.92. The monoisotopic (exact) mass is 439 g/mol. The van der Waals surface area contributed by atoms with Gasteiger partial charge in [0.05, 0.1) is 12.7 Å². The maximum absolute atomic E-state index is 13.1. The van der Waals surface area contributed by atoms with E-state index in [0.29, 0.717) is 29.4 Å². The van der Waals surface area contributed by atoms with Crippen molar-refractivity contribution in [3.8, 4) is 11.6 Å². The number of hydrogen-bond donors (Lipinski definition) is 1. The summed E-state index contributed by atoms with van der Waals surface area (Å²) in [5.74, 6) is 0.960. The van der Waals surface area contributed by atoms with Crippen LogP contribution in [0.2, 0.25) is 0 Å². The lowest BCUT2D eigenvalue weighted by atomic mass is 9.85. The second kappa shape index (κ2) is 9.54. The smallest absolute Gasteiger partial charge is 0.242 e. The van der Waals surface area contributed by atoms with Crippen LogP contribution >= 0.6 is 0 Å². The number of fused-ring (bicyclic) bond motifs is 1. The van der Waals surface area contributed by atoms with Crippen LogP contribution in [-0.4, -0.2) is 37.9 Å². The number of ether oxygens (including phenoxy) is 2. The van der Waals surface area contributed by atoms with E-state index in [1.807, 2.05) is 19.1 Å². The molecule has 8 heteroatoms. The summed E-state index contributed by atoms with van der Waals surface area (Å²) in [6.45, 7) is 12.8. The van der Waals surface area contributed by atoms with Gasteiger partial charge in [0.1, 0.15) is 12.3 Å². The normalized spacial score (nSPS) is 11.8. The Hall–Kier alpha value is -3.16. The van der Waals surface area contributed by atoms with Crippen LogP contribution in [0, 0.1) is 5.41 Å². The van der Waals surface area contributed by atoms with Crippen molar-refractivity contribution in [1.29, 1.82) is 5.41 Å². The molecule has 3 rings (SSSR count). The zero-order valence-corrected chi connectivity index (χ0v) is 19.8. The van der Waals surface area contributed by atoms with Gasteiger partial charge in [-0.3, -0.25) is 10.2 Å². The molecule has 8 nitrogen and oxygen atoms in total. The van der Waals surface area contributed by atoms with E-state index in [4.69, 9.17) is 14.9 Å². The fourth-order valence-electron chi connectivity index (χ4n) is 3.38. The van der Waals surface area contributed by atoms with Gasteiger partial charge in [0.2, 0.25) is 11.5 Å². The SMILES string of the molecule is CCOc1cc(C(=O)Cn2nc3ccc(OC(CC)CC)nn3c2=N)cc(C(C)(C)C)c1. The molecule has 2 heterocycles. The number of carbonyl (C=O) groups excluding carboxylic acids is 1. The highest BCUT2D eigenvalue weighted by Crippen LogP contribution is 2.28. The molecule has 0 fully saturated rings. The Labute approximate surface area is 188 Å². The lowest BCUT2D eigenvalue weighted by Gasteiger charge is -2.21. The van der Waals surface area contributed by atoms with E-state index in [-0.39, 0.29) is 29.5 Å². The summed E-state index contributed by atoms with van der Waals surface area (Å²) < 4.78 is 14.3. The molecule has 0 bridgehead atoms. The van der Waals surface area contributed by atoms with Crippen molar-refractivity contribution in [3.63, 3.8) is 0 Å². The van der Waals surface area contributed by atoms with Crippen molar-refractivity contribution in [2.24, 2.45) is 0 Å². The first-order valence-electron chi connectivity index (χ1n) is 11.2. The molecule has 1 aromatic carbocycles. The molecule has 0 aliphatic rings. The summed E-state index contributed by atoms with van der Waals surface area (Å²) in [6.07, 6.45) is 1.82. The van der Waals surface area contributed by atoms with Gasteiger partial charge in [-0.2, -0.15) is 4.52 Å². The van der Waals surface area contributed by atoms with Gasteiger partial charge >= 0.3 is 0 Å². The number of benzene rings is 1. The van der Waals surface area contributed by atoms with Crippen LogP contribution in [0.3, 0.4) is 0 Å². The Balaban J connectivity index is 1.91. The molecule has 0 amide bonds. The highest BCUT2D eigenvalue weighted by atomic mass is 16.5. The molecule has 0 unspecified atom stereocenters. The van der Waals surface area contributed by atoms with Crippen molar-refractivity contribution >= 4 is 11.4 Å². The average Bonchev–Trinajstić information content (AvgIpc) is 3.06. The molecular formula is C24H33N5O3. The second-order valence-corrected chi connectivity index (χ2v) is 8.83. The minimum absolute atomic E-state index is 0.0142. The number of rotatable bonds is 9. The lowest BCUT2D eigenvalue weighted by molar-refractivity contribution is 0.0965. The quantitative estimate of drug-likeness (QED) is 0.505. The van der Waals surface area contributed by atoms with Crippen molar-refractivity contribution in [3.05, 3.63) is 47.1 Å². The van der Waals surface area contributed by atoms with Gasteiger partial charge in [-0.05, 0) is 55.0 Å². The number of nitrogens with zero attached hydrogens (tertiary/aromatic N) is 4. The molecule has 0 aliphatic carbocycles. The number of ketones is 1. The van der Waals surface area contributed by atoms with Crippen LogP contribution in [0.4, 0.5) is 0 Å². The van der Waals surface area contributed by atoms with Crippen LogP contribution in [0.1, 0.15) is 70.3 Å². The molecule has 172 valence electrons. The number of nitrogens with one attached hydrogen (secondary N) is 1. The summed E-state index contributed by atoms with van der Waals surface area (Å²) >= 11 is 0. The third kappa shape index (κ3) is 5.18. The number of hydrogen-bond acceptors (Lipinski definition) is 6. The zero-order chi connectivity index (χ0) is 23.5. The van der Waals surface area contributed by atoms with E-state index in [9.17, 15) is 4.79 Å². The van der Waals surface area contributed by atoms with Crippen LogP contribution in [0.15, 0.2) is 30.3 Å². The first-order valence-corrected chi connectivity index (χ1v) is 11.2. The molecule has 0 radical (unpaired) electrons. The van der Waals surface area contributed by atoms with Gasteiger partial charge in [0, 0.05) is 11.6 Å². The Kier molecular flexibility index (Phi) is 7.01. The number of Topliss-reactive ketones (excluding diaryl/α,β-unsaturated/α-hetero) is 1. The van der Waals surface area contributed by atoms with Crippen molar-refractivity contribution in [1.82, 2.24) is 19.4 Å². The van der Waals surface area contributed by atoms with Gasteiger partial charge in [-0.1, -0.05) is 34.6 Å². The van der Waals surface area contributed by atoms with E-state index in [1.54, 1.807) is 18.2 Å². The topological polar surface area (TPSA) is 94.5 Å². The summed E-state index contributed by atoms with van der Waals surface area (Å²) in [6, 6.07) is 9.11. The molecule has 0 spiro atoms. The Morgan fingerprint density at radius 1 is 1.09 bits per heavy atom. The Morgan fingerprint density at radius 3 is 2.44 bits per heavy atom. The molecule has 2 aromatic heterocycles. The molecule has 32 heavy (non-hydrogen) atoms. The third-order valence-corrected chi connectivity index (χ3v) is 5.36. The van der Waals surface area contributed by atoms with Crippen molar-refractivity contribution in [2.75, 3.05) is 6.61 Å². The van der Waals surface area contributed by atoms with Crippen LogP contribution in [-0.2, 0) is 12.0 Å². The first kappa shape index (κ1) is 23.5. The molecule has 1 N–H and O–H groups in total. The Bertz CT molecular complexity index is 1150. The van der Waals surface area contributed by atoms with Gasteiger partial charge in [0.25, 0.3) is 0 Å². The van der Waals surface area contributed by atoms with E-state index in [2.05, 4.69) is 44.8 Å². The molecule has 0 atom stereocenters. The summed E-state index contributed by atoms with van der Waals surface area (Å²) in [4.78, 5) is 13.1. The molecular weight excluding hydrogens is 406 g/mol. The van der Waals surface area contributed by atoms with Gasteiger partial charge < -0.3 is 9.47 Å². The zero-order valence-electron chi connectivity index (χ0n) is 19.8. The Morgan fingerprint density at radius 2 is 1.81 bits per heavy atom. The number of aromatic nitrogens is 4. The minimum Gasteiger partial charge on any atom is -0.494 e. The van der Waals surface area contributed by atoms with Crippen LogP contribution < -0.4 is 15.1 Å². The number of carbonyl (C=O) groups is 1. The highest BCUT2D eigenvalue weighted by Gasteiger charge is 2.19. The molecule has 0 aliphatic heterocycles. The minimum atomic E-state index is -0.146.